The molecule has 0 bridgehead atoms. The number of carbonyl (C=O) groups is 5. The van der Waals surface area contributed by atoms with Crippen molar-refractivity contribution >= 4 is 29.8 Å². The number of hydrogen-bond donors (Lipinski definition) is 0. The molecule has 13 atom stereocenters. The first kappa shape index (κ1) is 44.3. The van der Waals surface area contributed by atoms with Crippen LogP contribution in [0.4, 0.5) is 0 Å². The van der Waals surface area contributed by atoms with Gasteiger partial charge in [0, 0.05) is 20.8 Å². The van der Waals surface area contributed by atoms with Crippen LogP contribution in [-0.4, -0.2) is 80.4 Å². The van der Waals surface area contributed by atoms with Gasteiger partial charge in [-0.2, -0.15) is 0 Å². The molecule has 12 nitrogen and oxygen atoms in total. The Morgan fingerprint density at radius 1 is 0.776 bits per heavy atom. The van der Waals surface area contributed by atoms with Crippen LogP contribution < -0.4 is 0 Å². The van der Waals surface area contributed by atoms with Crippen LogP contribution >= 0.6 is 0 Å². The zero-order chi connectivity index (χ0) is 42.8. The van der Waals surface area contributed by atoms with Crippen LogP contribution in [-0.2, 0) is 57.1 Å². The van der Waals surface area contributed by atoms with Crippen molar-refractivity contribution in [1.29, 1.82) is 0 Å². The van der Waals surface area contributed by atoms with Gasteiger partial charge >= 0.3 is 29.8 Å². The average Bonchev–Trinajstić information content (AvgIpc) is 3.12. The van der Waals surface area contributed by atoms with Gasteiger partial charge in [0.05, 0.1) is 25.2 Å². The number of rotatable bonds is 9. The summed E-state index contributed by atoms with van der Waals surface area (Å²) in [7, 11) is 1.13. The molecule has 5 fully saturated rings. The second-order valence-electron chi connectivity index (χ2n) is 20.4. The third-order valence-corrected chi connectivity index (χ3v) is 16.5. The van der Waals surface area contributed by atoms with E-state index in [0.29, 0.717) is 31.3 Å². The molecule has 5 aliphatic carbocycles. The van der Waals surface area contributed by atoms with E-state index in [1.54, 1.807) is 0 Å². The Bertz CT molecular complexity index is 1700. The van der Waals surface area contributed by atoms with Gasteiger partial charge in [-0.1, -0.05) is 66.2 Å². The predicted molar refractivity (Wildman–Crippen MR) is 212 cm³/mol. The second kappa shape index (κ2) is 15.7. The maximum absolute atomic E-state index is 15.2. The summed E-state index contributed by atoms with van der Waals surface area (Å²) in [5, 5.41) is 0. The van der Waals surface area contributed by atoms with Crippen molar-refractivity contribution in [2.45, 2.75) is 170 Å². The summed E-state index contributed by atoms with van der Waals surface area (Å²) < 4.78 is 40.4. The maximum atomic E-state index is 15.2. The fourth-order valence-corrected chi connectivity index (χ4v) is 13.5. The van der Waals surface area contributed by atoms with Gasteiger partial charge in [-0.05, 0) is 109 Å². The third kappa shape index (κ3) is 7.23. The maximum Gasteiger partial charge on any atom is 0.339 e. The van der Waals surface area contributed by atoms with Crippen molar-refractivity contribution < 1.29 is 57.1 Å². The van der Waals surface area contributed by atoms with E-state index in [4.69, 9.17) is 33.2 Å². The van der Waals surface area contributed by atoms with Crippen molar-refractivity contribution in [2.75, 3.05) is 13.7 Å². The van der Waals surface area contributed by atoms with Gasteiger partial charge in [0.15, 0.2) is 18.3 Å². The highest BCUT2D eigenvalue weighted by Crippen LogP contribution is 2.76. The van der Waals surface area contributed by atoms with Crippen LogP contribution in [0.3, 0.4) is 0 Å². The van der Waals surface area contributed by atoms with Crippen LogP contribution in [0, 0.1) is 50.2 Å². The van der Waals surface area contributed by atoms with Crippen LogP contribution in [0.1, 0.15) is 133 Å². The molecule has 0 aromatic carbocycles. The van der Waals surface area contributed by atoms with E-state index in [1.807, 2.05) is 6.08 Å². The quantitative estimate of drug-likeness (QED) is 0.128. The molecule has 1 aliphatic heterocycles. The summed E-state index contributed by atoms with van der Waals surface area (Å²) in [6, 6.07) is 0. The molecule has 0 aromatic heterocycles. The van der Waals surface area contributed by atoms with Gasteiger partial charge < -0.3 is 33.2 Å². The van der Waals surface area contributed by atoms with Crippen molar-refractivity contribution in [2.24, 2.45) is 50.2 Å². The molecule has 6 aliphatic rings. The second-order valence-corrected chi connectivity index (χ2v) is 20.4. The van der Waals surface area contributed by atoms with Gasteiger partial charge in [0.1, 0.15) is 0 Å². The van der Waals surface area contributed by atoms with Crippen LogP contribution in [0.5, 0.6) is 0 Å². The molecular formula is C46H68O12. The molecule has 1 unspecified atom stereocenters. The van der Waals surface area contributed by atoms with Crippen molar-refractivity contribution in [3.05, 3.63) is 24.3 Å². The normalized spacial score (nSPS) is 42.3. The van der Waals surface area contributed by atoms with Gasteiger partial charge in [-0.25, -0.2) is 4.79 Å². The van der Waals surface area contributed by atoms with Gasteiger partial charge in [0.2, 0.25) is 12.4 Å². The lowest BCUT2D eigenvalue weighted by atomic mass is 9.33. The third-order valence-electron chi connectivity index (χ3n) is 16.5. The highest BCUT2D eigenvalue weighted by Gasteiger charge is 2.70. The molecule has 324 valence electrons. The van der Waals surface area contributed by atoms with Crippen LogP contribution in [0.15, 0.2) is 24.3 Å². The van der Waals surface area contributed by atoms with E-state index >= 15 is 4.79 Å². The topological polar surface area (TPSA) is 150 Å². The largest absolute Gasteiger partial charge is 0.467 e. The monoisotopic (exact) mass is 812 g/mol. The Labute approximate surface area is 344 Å². The predicted octanol–water partition coefficient (Wildman–Crippen LogP) is 7.60. The van der Waals surface area contributed by atoms with Crippen molar-refractivity contribution in [3.63, 3.8) is 0 Å². The van der Waals surface area contributed by atoms with Crippen LogP contribution in [0.2, 0.25) is 0 Å². The lowest BCUT2D eigenvalue weighted by molar-refractivity contribution is -0.298. The Balaban J connectivity index is 1.36. The average molecular weight is 813 g/mol. The summed E-state index contributed by atoms with van der Waals surface area (Å²) in [6.07, 6.45) is 5.36. The summed E-state index contributed by atoms with van der Waals surface area (Å²) in [5.41, 5.74) is 0.340. The molecule has 0 N–H and O–H groups in total. The SMILES string of the molecule is C=CCO[C@H]1CC[C@]2(C)[C@H]3CC=C4[C@@H]5CC(C)(C)CC[C@]5(C(=O)OC5O[C@H](C(=O)OC)[C@@H](OC(C)=O)[C@H](OC(C)=O)[C@H]5OC(C)=O)CC[C@@]4(C)[C@]3(C)CC[C@H]2C1(C)C. The first-order valence-corrected chi connectivity index (χ1v) is 21.4. The molecule has 12 heteroatoms. The summed E-state index contributed by atoms with van der Waals surface area (Å²) in [4.78, 5) is 65.5. The first-order chi connectivity index (χ1) is 27.0. The molecule has 6 rings (SSSR count). The van der Waals surface area contributed by atoms with Gasteiger partial charge in [-0.3, -0.25) is 19.2 Å². The standard InChI is InChI=1S/C46H68O12/c1-13-24-53-33-17-18-43(9)31(42(33,7)8)16-19-45(11)32(43)15-14-29-30-25-41(5,6)20-22-46(30,23-21-44(29,45)10)40(51)58-39-37(56-28(4)49)35(55-27(3)48)34(54-26(2)47)36(57-39)38(50)52-12/h13-14,30-37,39H,1,15-25H2,2-12H3/t30-,31-,32+,33-,34-,35-,36-,37+,39?,43-,44+,45+,46-/m0/s1. The molecular weight excluding hydrogens is 744 g/mol. The van der Waals surface area contributed by atoms with Gasteiger partial charge in [-0.15, -0.1) is 6.58 Å². The lowest BCUT2D eigenvalue weighted by Crippen LogP contribution is -2.66. The minimum absolute atomic E-state index is 0.00546. The summed E-state index contributed by atoms with van der Waals surface area (Å²) >= 11 is 0. The first-order valence-electron chi connectivity index (χ1n) is 21.4. The number of fused-ring (bicyclic) bond motifs is 7. The van der Waals surface area contributed by atoms with E-state index in [-0.39, 0.29) is 39.1 Å². The highest BCUT2D eigenvalue weighted by molar-refractivity contribution is 5.80. The Kier molecular flexibility index (Phi) is 12.0. The number of carbonyl (C=O) groups excluding carboxylic acids is 5. The number of allylic oxidation sites excluding steroid dienone is 2. The fraction of sp³-hybridized carbons (Fsp3) is 0.804. The molecule has 58 heavy (non-hydrogen) atoms. The molecule has 0 amide bonds. The van der Waals surface area contributed by atoms with E-state index in [2.05, 4.69) is 61.1 Å². The summed E-state index contributed by atoms with van der Waals surface area (Å²) in [5.74, 6) is -3.01. The van der Waals surface area contributed by atoms with Crippen molar-refractivity contribution in [1.82, 2.24) is 0 Å². The molecule has 4 saturated carbocycles. The molecule has 0 aromatic rings. The smallest absolute Gasteiger partial charge is 0.339 e. The lowest BCUT2D eigenvalue weighted by Gasteiger charge is -2.71. The van der Waals surface area contributed by atoms with Gasteiger partial charge in [0.25, 0.3) is 0 Å². The zero-order valence-electron chi connectivity index (χ0n) is 36.7. The Hall–Kier alpha value is -3.25. The minimum atomic E-state index is -1.68. The minimum Gasteiger partial charge on any atom is -0.467 e. The van der Waals surface area contributed by atoms with Crippen molar-refractivity contribution in [3.8, 4) is 0 Å². The number of methoxy groups -OCH3 is 1. The molecule has 0 radical (unpaired) electrons. The highest BCUT2D eigenvalue weighted by atomic mass is 16.7. The number of hydrogen-bond acceptors (Lipinski definition) is 12. The fourth-order valence-electron chi connectivity index (χ4n) is 13.5. The summed E-state index contributed by atoms with van der Waals surface area (Å²) in [6.45, 7) is 24.7. The number of ether oxygens (including phenoxy) is 7. The molecule has 1 saturated heterocycles. The molecule has 1 heterocycles. The van der Waals surface area contributed by atoms with E-state index in [0.717, 1.165) is 79.2 Å². The van der Waals surface area contributed by atoms with Crippen LogP contribution in [0.25, 0.3) is 0 Å². The Morgan fingerprint density at radius 2 is 1.40 bits per heavy atom. The van der Waals surface area contributed by atoms with E-state index in [1.165, 1.54) is 5.57 Å². The van der Waals surface area contributed by atoms with E-state index < -0.39 is 66.0 Å². The van der Waals surface area contributed by atoms with E-state index in [9.17, 15) is 19.2 Å². The Morgan fingerprint density at radius 3 is 2.02 bits per heavy atom. The zero-order valence-corrected chi connectivity index (χ0v) is 36.7. The molecule has 0 spiro atoms. The number of esters is 5.